The zero-order chi connectivity index (χ0) is 20.6. The van der Waals surface area contributed by atoms with Crippen LogP contribution in [0, 0.1) is 0 Å². The Morgan fingerprint density at radius 1 is 0.931 bits per heavy atom. The van der Waals surface area contributed by atoms with Crippen LogP contribution in [0.25, 0.3) is 0 Å². The second kappa shape index (κ2) is 9.68. The SMILES string of the molecule is C[C@@H](CCc1ccccc1)NC(=O)Cn1c(=O)ccn(Cc2ccccc2)c1=O. The highest BCUT2D eigenvalue weighted by molar-refractivity contribution is 5.75. The lowest BCUT2D eigenvalue weighted by Crippen LogP contribution is -2.44. The third kappa shape index (κ3) is 5.78. The predicted molar refractivity (Wildman–Crippen MR) is 113 cm³/mol. The molecule has 6 nitrogen and oxygen atoms in total. The van der Waals surface area contributed by atoms with E-state index >= 15 is 0 Å². The third-order valence-electron chi connectivity index (χ3n) is 4.75. The standard InChI is InChI=1S/C23H25N3O3/c1-18(12-13-19-8-4-2-5-9-19)24-21(27)17-26-22(28)14-15-25(23(26)29)16-20-10-6-3-7-11-20/h2-11,14-15,18H,12-13,16-17H2,1H3,(H,24,27)/t18-/m0/s1. The molecule has 1 amide bonds. The highest BCUT2D eigenvalue weighted by Crippen LogP contribution is 2.05. The van der Waals surface area contributed by atoms with Gasteiger partial charge in [-0.25, -0.2) is 4.79 Å². The lowest BCUT2D eigenvalue weighted by Gasteiger charge is -2.15. The molecule has 29 heavy (non-hydrogen) atoms. The molecule has 0 unspecified atom stereocenters. The molecule has 0 aliphatic rings. The highest BCUT2D eigenvalue weighted by Gasteiger charge is 2.12. The fourth-order valence-electron chi connectivity index (χ4n) is 3.17. The van der Waals surface area contributed by atoms with Crippen LogP contribution in [0.4, 0.5) is 0 Å². The summed E-state index contributed by atoms with van der Waals surface area (Å²) in [6.45, 7) is 1.97. The Morgan fingerprint density at radius 2 is 1.55 bits per heavy atom. The molecule has 0 aliphatic heterocycles. The normalized spacial score (nSPS) is 11.8. The van der Waals surface area contributed by atoms with Crippen LogP contribution in [-0.2, 0) is 24.3 Å². The van der Waals surface area contributed by atoms with E-state index in [0.717, 1.165) is 23.0 Å². The molecule has 150 valence electrons. The average molecular weight is 391 g/mol. The molecule has 1 atom stereocenters. The Balaban J connectivity index is 1.62. The predicted octanol–water partition coefficient (Wildman–Crippen LogP) is 2.20. The van der Waals surface area contributed by atoms with Crippen molar-refractivity contribution in [2.45, 2.75) is 38.9 Å². The lowest BCUT2D eigenvalue weighted by molar-refractivity contribution is -0.122. The maximum Gasteiger partial charge on any atom is 0.331 e. The first-order chi connectivity index (χ1) is 14.0. The number of hydrogen-bond acceptors (Lipinski definition) is 3. The Morgan fingerprint density at radius 3 is 2.21 bits per heavy atom. The van der Waals surface area contributed by atoms with E-state index in [4.69, 9.17) is 0 Å². The van der Waals surface area contributed by atoms with Gasteiger partial charge in [-0.05, 0) is 30.9 Å². The van der Waals surface area contributed by atoms with Crippen LogP contribution in [0.5, 0.6) is 0 Å². The highest BCUT2D eigenvalue weighted by atomic mass is 16.2. The summed E-state index contributed by atoms with van der Waals surface area (Å²) in [6, 6.07) is 20.8. The number of carbonyl (C=O) groups excluding carboxylic acids is 1. The Hall–Kier alpha value is -3.41. The van der Waals surface area contributed by atoms with Crippen molar-refractivity contribution < 1.29 is 4.79 Å². The summed E-state index contributed by atoms with van der Waals surface area (Å²) in [5.74, 6) is -0.345. The molecular weight excluding hydrogens is 366 g/mol. The van der Waals surface area contributed by atoms with Gasteiger partial charge in [-0.3, -0.25) is 18.7 Å². The van der Waals surface area contributed by atoms with Crippen molar-refractivity contribution in [3.8, 4) is 0 Å². The summed E-state index contributed by atoms with van der Waals surface area (Å²) in [5.41, 5.74) is 1.18. The number of hydrogen-bond donors (Lipinski definition) is 1. The van der Waals surface area contributed by atoms with Crippen molar-refractivity contribution in [1.29, 1.82) is 0 Å². The Kier molecular flexibility index (Phi) is 6.79. The molecule has 2 aromatic carbocycles. The summed E-state index contributed by atoms with van der Waals surface area (Å²) >= 11 is 0. The molecule has 0 fully saturated rings. The monoisotopic (exact) mass is 391 g/mol. The number of aromatic nitrogens is 2. The maximum atomic E-state index is 12.7. The van der Waals surface area contributed by atoms with Gasteiger partial charge < -0.3 is 5.32 Å². The van der Waals surface area contributed by atoms with Crippen LogP contribution >= 0.6 is 0 Å². The first-order valence-electron chi connectivity index (χ1n) is 9.70. The van der Waals surface area contributed by atoms with Crippen molar-refractivity contribution in [1.82, 2.24) is 14.5 Å². The van der Waals surface area contributed by atoms with Crippen LogP contribution in [0.1, 0.15) is 24.5 Å². The summed E-state index contributed by atoms with van der Waals surface area (Å²) in [6.07, 6.45) is 3.09. The van der Waals surface area contributed by atoms with E-state index in [2.05, 4.69) is 5.32 Å². The molecule has 0 saturated carbocycles. The van der Waals surface area contributed by atoms with Crippen molar-refractivity contribution >= 4 is 5.91 Å². The minimum absolute atomic E-state index is 0.0614. The fourth-order valence-corrected chi connectivity index (χ4v) is 3.17. The quantitative estimate of drug-likeness (QED) is 0.640. The van der Waals surface area contributed by atoms with E-state index in [1.54, 1.807) is 0 Å². The third-order valence-corrected chi connectivity index (χ3v) is 4.75. The molecule has 1 heterocycles. The Labute approximate surface area is 169 Å². The van der Waals surface area contributed by atoms with Crippen molar-refractivity contribution in [2.75, 3.05) is 0 Å². The Bertz CT molecular complexity index is 1060. The number of carbonyl (C=O) groups is 1. The molecule has 0 saturated heterocycles. The van der Waals surface area contributed by atoms with E-state index in [1.807, 2.05) is 67.6 Å². The first-order valence-corrected chi connectivity index (χ1v) is 9.70. The maximum absolute atomic E-state index is 12.7. The van der Waals surface area contributed by atoms with Crippen LogP contribution in [-0.4, -0.2) is 21.1 Å². The van der Waals surface area contributed by atoms with E-state index in [9.17, 15) is 14.4 Å². The minimum Gasteiger partial charge on any atom is -0.352 e. The van der Waals surface area contributed by atoms with Gasteiger partial charge in [0.2, 0.25) is 5.91 Å². The summed E-state index contributed by atoms with van der Waals surface area (Å²) in [7, 11) is 0. The van der Waals surface area contributed by atoms with Gasteiger partial charge in [-0.1, -0.05) is 60.7 Å². The zero-order valence-corrected chi connectivity index (χ0v) is 16.5. The fraction of sp³-hybridized carbons (Fsp3) is 0.261. The van der Waals surface area contributed by atoms with Crippen LogP contribution in [0.15, 0.2) is 82.5 Å². The van der Waals surface area contributed by atoms with Crippen LogP contribution < -0.4 is 16.6 Å². The van der Waals surface area contributed by atoms with Gasteiger partial charge in [0.1, 0.15) is 6.54 Å². The van der Waals surface area contributed by atoms with E-state index in [0.29, 0.717) is 6.54 Å². The van der Waals surface area contributed by atoms with Crippen molar-refractivity contribution in [2.24, 2.45) is 0 Å². The molecule has 0 bridgehead atoms. The molecular formula is C23H25N3O3. The number of amides is 1. The minimum atomic E-state index is -0.492. The molecule has 3 rings (SSSR count). The molecule has 6 heteroatoms. The van der Waals surface area contributed by atoms with Gasteiger partial charge in [0.05, 0.1) is 6.54 Å². The molecule has 0 spiro atoms. The summed E-state index contributed by atoms with van der Waals surface area (Å²) in [4.78, 5) is 37.2. The second-order valence-corrected chi connectivity index (χ2v) is 7.13. The number of rotatable bonds is 8. The smallest absolute Gasteiger partial charge is 0.331 e. The van der Waals surface area contributed by atoms with Gasteiger partial charge in [0.15, 0.2) is 0 Å². The topological polar surface area (TPSA) is 73.1 Å². The molecule has 3 aromatic rings. The van der Waals surface area contributed by atoms with Crippen molar-refractivity contribution in [3.05, 3.63) is 105 Å². The number of nitrogens with zero attached hydrogens (tertiary/aromatic N) is 2. The van der Waals surface area contributed by atoms with Crippen LogP contribution in [0.3, 0.4) is 0 Å². The zero-order valence-electron chi connectivity index (χ0n) is 16.5. The largest absolute Gasteiger partial charge is 0.352 e. The molecule has 0 aliphatic carbocycles. The lowest BCUT2D eigenvalue weighted by atomic mass is 10.1. The molecule has 1 aromatic heterocycles. The van der Waals surface area contributed by atoms with E-state index in [1.165, 1.54) is 22.4 Å². The first kappa shape index (κ1) is 20.3. The van der Waals surface area contributed by atoms with Crippen LogP contribution in [0.2, 0.25) is 0 Å². The number of nitrogens with one attached hydrogen (secondary N) is 1. The number of benzene rings is 2. The summed E-state index contributed by atoms with van der Waals surface area (Å²) < 4.78 is 2.41. The van der Waals surface area contributed by atoms with Gasteiger partial charge in [0, 0.05) is 18.3 Å². The van der Waals surface area contributed by atoms with Gasteiger partial charge in [0.25, 0.3) is 5.56 Å². The molecule has 0 radical (unpaired) electrons. The second-order valence-electron chi connectivity index (χ2n) is 7.13. The van der Waals surface area contributed by atoms with Crippen molar-refractivity contribution in [3.63, 3.8) is 0 Å². The number of aryl methyl sites for hydroxylation is 1. The van der Waals surface area contributed by atoms with E-state index < -0.39 is 11.2 Å². The van der Waals surface area contributed by atoms with Gasteiger partial charge in [-0.15, -0.1) is 0 Å². The average Bonchev–Trinajstić information content (AvgIpc) is 2.73. The molecule has 1 N–H and O–H groups in total. The van der Waals surface area contributed by atoms with E-state index in [-0.39, 0.29) is 18.5 Å². The van der Waals surface area contributed by atoms with Gasteiger partial charge in [-0.2, -0.15) is 0 Å². The van der Waals surface area contributed by atoms with Gasteiger partial charge >= 0.3 is 5.69 Å². The summed E-state index contributed by atoms with van der Waals surface area (Å²) in [5, 5.41) is 2.88.